The molecule has 0 atom stereocenters. The fourth-order valence-corrected chi connectivity index (χ4v) is 3.03. The number of carbonyl (C=O) groups is 1. The highest BCUT2D eigenvalue weighted by molar-refractivity contribution is 9.09. The van der Waals surface area contributed by atoms with E-state index in [2.05, 4.69) is 21.2 Å². The molecular weight excluding hydrogens is 292 g/mol. The summed E-state index contributed by atoms with van der Waals surface area (Å²) in [6, 6.07) is 0. The first kappa shape index (κ1) is 14.9. The average Bonchev–Trinajstić information content (AvgIpc) is 2.16. The first-order valence-electron chi connectivity index (χ1n) is 6.02. The molecule has 2 nitrogen and oxygen atoms in total. The fourth-order valence-electron chi connectivity index (χ4n) is 2.04. The van der Waals surface area contributed by atoms with Gasteiger partial charge in [0.2, 0.25) is 11.8 Å². The molecule has 5 heteroatoms. The molecule has 0 heterocycles. The summed E-state index contributed by atoms with van der Waals surface area (Å²) in [6.45, 7) is 3.90. The van der Waals surface area contributed by atoms with E-state index in [9.17, 15) is 13.6 Å². The van der Waals surface area contributed by atoms with E-state index in [0.717, 1.165) is 11.8 Å². The minimum Gasteiger partial charge on any atom is -0.351 e. The van der Waals surface area contributed by atoms with E-state index in [1.54, 1.807) is 0 Å². The summed E-state index contributed by atoms with van der Waals surface area (Å²) >= 11 is 3.34. The zero-order valence-electron chi connectivity index (χ0n) is 10.4. The zero-order chi connectivity index (χ0) is 13.1. The Balaban J connectivity index is 2.44. The van der Waals surface area contributed by atoms with Crippen LogP contribution in [-0.4, -0.2) is 22.7 Å². The van der Waals surface area contributed by atoms with Gasteiger partial charge in [-0.05, 0) is 33.1 Å². The minimum atomic E-state index is -2.57. The van der Waals surface area contributed by atoms with Crippen LogP contribution in [0.1, 0.15) is 46.0 Å². The summed E-state index contributed by atoms with van der Waals surface area (Å²) in [4.78, 5) is 11.9. The van der Waals surface area contributed by atoms with E-state index in [1.165, 1.54) is 0 Å². The highest BCUT2D eigenvalue weighted by atomic mass is 79.9. The summed E-state index contributed by atoms with van der Waals surface area (Å²) in [7, 11) is 0. The van der Waals surface area contributed by atoms with Crippen LogP contribution in [0.4, 0.5) is 8.78 Å². The molecule has 1 saturated carbocycles. The summed E-state index contributed by atoms with van der Waals surface area (Å²) in [6.07, 6.45) is 1.09. The maximum absolute atomic E-state index is 13.0. The molecule has 0 aromatic carbocycles. The van der Waals surface area contributed by atoms with Crippen molar-refractivity contribution >= 4 is 21.8 Å². The fraction of sp³-hybridized carbons (Fsp3) is 0.917. The Kier molecular flexibility index (Phi) is 4.93. The lowest BCUT2D eigenvalue weighted by Crippen LogP contribution is -2.47. The van der Waals surface area contributed by atoms with E-state index in [0.29, 0.717) is 12.8 Å². The predicted octanol–water partition coefficient (Wildman–Crippen LogP) is 3.49. The molecule has 0 aromatic rings. The van der Waals surface area contributed by atoms with Crippen LogP contribution in [0.2, 0.25) is 0 Å². The van der Waals surface area contributed by atoms with Crippen molar-refractivity contribution in [2.24, 2.45) is 5.92 Å². The first-order chi connectivity index (χ1) is 7.76. The van der Waals surface area contributed by atoms with Crippen LogP contribution in [-0.2, 0) is 4.79 Å². The normalized spacial score (nSPS) is 21.2. The second kappa shape index (κ2) is 5.63. The molecular formula is C12H20BrF2NO. The van der Waals surface area contributed by atoms with Crippen LogP contribution >= 0.6 is 15.9 Å². The SMILES string of the molecule is CC(C)(CCBr)NC(=O)C1CCC(F)(F)CC1. The third kappa shape index (κ3) is 4.90. The van der Waals surface area contributed by atoms with Gasteiger partial charge in [0.15, 0.2) is 0 Å². The number of carbonyl (C=O) groups excluding carboxylic acids is 1. The Hall–Kier alpha value is -0.190. The Morgan fingerprint density at radius 3 is 2.41 bits per heavy atom. The number of alkyl halides is 3. The molecule has 1 aliphatic rings. The van der Waals surface area contributed by atoms with Crippen molar-refractivity contribution in [1.82, 2.24) is 5.32 Å². The Morgan fingerprint density at radius 2 is 1.94 bits per heavy atom. The molecule has 0 radical (unpaired) electrons. The molecule has 0 bridgehead atoms. The highest BCUT2D eigenvalue weighted by Gasteiger charge is 2.38. The summed E-state index contributed by atoms with van der Waals surface area (Å²) in [5, 5.41) is 3.75. The molecule has 0 spiro atoms. The van der Waals surface area contributed by atoms with Gasteiger partial charge in [-0.1, -0.05) is 15.9 Å². The summed E-state index contributed by atoms with van der Waals surface area (Å²) < 4.78 is 25.9. The van der Waals surface area contributed by atoms with Crippen LogP contribution in [0.3, 0.4) is 0 Å². The molecule has 17 heavy (non-hydrogen) atoms. The van der Waals surface area contributed by atoms with Crippen molar-refractivity contribution in [1.29, 1.82) is 0 Å². The maximum atomic E-state index is 13.0. The molecule has 0 aromatic heterocycles. The minimum absolute atomic E-state index is 0.0774. The van der Waals surface area contributed by atoms with Crippen LogP contribution in [0.5, 0.6) is 0 Å². The molecule has 1 rings (SSSR count). The van der Waals surface area contributed by atoms with E-state index < -0.39 is 5.92 Å². The summed E-state index contributed by atoms with van der Waals surface area (Å²) in [5.41, 5.74) is -0.277. The van der Waals surface area contributed by atoms with Gasteiger partial charge in [0.05, 0.1) is 0 Å². The van der Waals surface area contributed by atoms with Gasteiger partial charge in [-0.3, -0.25) is 4.79 Å². The van der Waals surface area contributed by atoms with Gasteiger partial charge in [-0.15, -0.1) is 0 Å². The third-order valence-corrected chi connectivity index (χ3v) is 3.67. The third-order valence-electron chi connectivity index (χ3n) is 3.27. The number of hydrogen-bond donors (Lipinski definition) is 1. The van der Waals surface area contributed by atoms with Gasteiger partial charge in [-0.2, -0.15) is 0 Å². The van der Waals surface area contributed by atoms with Gasteiger partial charge in [-0.25, -0.2) is 8.78 Å². The van der Waals surface area contributed by atoms with E-state index >= 15 is 0 Å². The Morgan fingerprint density at radius 1 is 1.41 bits per heavy atom. The number of hydrogen-bond acceptors (Lipinski definition) is 1. The molecule has 1 amide bonds. The second-order valence-corrected chi connectivity index (χ2v) is 6.24. The summed E-state index contributed by atoms with van der Waals surface area (Å²) in [5.74, 6) is -2.89. The lowest BCUT2D eigenvalue weighted by Gasteiger charge is -2.31. The number of amides is 1. The van der Waals surface area contributed by atoms with Crippen molar-refractivity contribution in [3.05, 3.63) is 0 Å². The standard InChI is InChI=1S/C12H20BrF2NO/c1-11(2,7-8-13)16-10(17)9-3-5-12(14,15)6-4-9/h9H,3-8H2,1-2H3,(H,16,17). The van der Waals surface area contributed by atoms with Gasteiger partial charge >= 0.3 is 0 Å². The van der Waals surface area contributed by atoms with Gasteiger partial charge in [0, 0.05) is 29.6 Å². The van der Waals surface area contributed by atoms with E-state index in [4.69, 9.17) is 0 Å². The van der Waals surface area contributed by atoms with Gasteiger partial charge < -0.3 is 5.32 Å². The first-order valence-corrected chi connectivity index (χ1v) is 7.14. The molecule has 100 valence electrons. The van der Waals surface area contributed by atoms with Crippen LogP contribution in [0.25, 0.3) is 0 Å². The topological polar surface area (TPSA) is 29.1 Å². The quantitative estimate of drug-likeness (QED) is 0.791. The second-order valence-electron chi connectivity index (χ2n) is 5.44. The van der Waals surface area contributed by atoms with Crippen molar-refractivity contribution in [3.8, 4) is 0 Å². The molecule has 1 aliphatic carbocycles. The molecule has 1 fully saturated rings. The average molecular weight is 312 g/mol. The van der Waals surface area contributed by atoms with Crippen molar-refractivity contribution in [3.63, 3.8) is 0 Å². The van der Waals surface area contributed by atoms with Gasteiger partial charge in [0.1, 0.15) is 0 Å². The van der Waals surface area contributed by atoms with Crippen LogP contribution < -0.4 is 5.32 Å². The number of halogens is 3. The maximum Gasteiger partial charge on any atom is 0.248 e. The number of nitrogens with one attached hydrogen (secondary N) is 1. The van der Waals surface area contributed by atoms with Crippen LogP contribution in [0, 0.1) is 5.92 Å². The molecule has 0 saturated heterocycles. The molecule has 1 N–H and O–H groups in total. The molecule has 0 aliphatic heterocycles. The van der Waals surface area contributed by atoms with Crippen molar-refractivity contribution < 1.29 is 13.6 Å². The zero-order valence-corrected chi connectivity index (χ0v) is 11.9. The van der Waals surface area contributed by atoms with Crippen LogP contribution in [0.15, 0.2) is 0 Å². The predicted molar refractivity (Wildman–Crippen MR) is 67.5 cm³/mol. The number of rotatable bonds is 4. The van der Waals surface area contributed by atoms with Crippen molar-refractivity contribution in [2.75, 3.05) is 5.33 Å². The largest absolute Gasteiger partial charge is 0.351 e. The molecule has 0 unspecified atom stereocenters. The lowest BCUT2D eigenvalue weighted by atomic mass is 9.85. The lowest BCUT2D eigenvalue weighted by molar-refractivity contribution is -0.130. The van der Waals surface area contributed by atoms with Gasteiger partial charge in [0.25, 0.3) is 0 Å². The van der Waals surface area contributed by atoms with E-state index in [1.807, 2.05) is 13.8 Å². The smallest absolute Gasteiger partial charge is 0.248 e. The highest BCUT2D eigenvalue weighted by Crippen LogP contribution is 2.36. The monoisotopic (exact) mass is 311 g/mol. The van der Waals surface area contributed by atoms with E-state index in [-0.39, 0.29) is 30.2 Å². The van der Waals surface area contributed by atoms with Crippen molar-refractivity contribution in [2.45, 2.75) is 57.4 Å². The Labute approximate surface area is 110 Å². The Bertz CT molecular complexity index is 272.